The number of hydrogen-bond acceptors (Lipinski definition) is 3. The van der Waals surface area contributed by atoms with Crippen LogP contribution in [-0.4, -0.2) is 50.3 Å². The summed E-state index contributed by atoms with van der Waals surface area (Å²) in [6.45, 7) is 12.4. The zero-order valence-electron chi connectivity index (χ0n) is 11.0. The first-order chi connectivity index (χ1) is 7.07. The van der Waals surface area contributed by atoms with E-state index in [2.05, 4.69) is 45.0 Å². The van der Waals surface area contributed by atoms with Gasteiger partial charge in [0.15, 0.2) is 0 Å². The lowest BCUT2D eigenvalue weighted by Crippen LogP contribution is -2.32. The lowest BCUT2D eigenvalue weighted by atomic mass is 10.3. The molecule has 0 amide bonds. The predicted octanol–water partition coefficient (Wildman–Crippen LogP) is 1.73. The van der Waals surface area contributed by atoms with Gasteiger partial charge in [-0.25, -0.2) is 0 Å². The second kappa shape index (κ2) is 9.13. The van der Waals surface area contributed by atoms with E-state index < -0.39 is 0 Å². The molecule has 0 aliphatic rings. The Bertz CT molecular complexity index is 140. The maximum Gasteiger partial charge on any atom is 0.0594 e. The molecule has 0 saturated heterocycles. The molecule has 15 heavy (non-hydrogen) atoms. The summed E-state index contributed by atoms with van der Waals surface area (Å²) in [5.74, 6) is 0. The summed E-state index contributed by atoms with van der Waals surface area (Å²) in [6.07, 6.45) is 1.18. The van der Waals surface area contributed by atoms with E-state index in [0.29, 0.717) is 12.1 Å². The molecule has 0 radical (unpaired) electrons. The summed E-state index contributed by atoms with van der Waals surface area (Å²) in [5.41, 5.74) is 0. The number of nitrogens with zero attached hydrogens (tertiary/aromatic N) is 1. The predicted molar refractivity (Wildman–Crippen MR) is 66.3 cm³/mol. The lowest BCUT2D eigenvalue weighted by molar-refractivity contribution is 0.103. The van der Waals surface area contributed by atoms with Crippen LogP contribution >= 0.6 is 0 Å². The highest BCUT2D eigenvalue weighted by Crippen LogP contribution is 1.92. The Balaban J connectivity index is 3.18. The Morgan fingerprint density at radius 2 is 1.87 bits per heavy atom. The minimum absolute atomic E-state index is 0.604. The van der Waals surface area contributed by atoms with Gasteiger partial charge < -0.3 is 15.0 Å². The van der Waals surface area contributed by atoms with Crippen LogP contribution in [0.1, 0.15) is 34.1 Å². The molecule has 0 bridgehead atoms. The molecule has 0 aromatic rings. The number of ether oxygens (including phenoxy) is 1. The summed E-state index contributed by atoms with van der Waals surface area (Å²) in [7, 11) is 2.13. The van der Waals surface area contributed by atoms with Gasteiger partial charge in [0.1, 0.15) is 0 Å². The Morgan fingerprint density at radius 1 is 1.20 bits per heavy atom. The zero-order valence-corrected chi connectivity index (χ0v) is 11.0. The topological polar surface area (TPSA) is 24.5 Å². The molecule has 0 aromatic heterocycles. The number of likely N-dealkylation sites (N-methyl/N-ethyl adjacent to an activating group) is 1. The largest absolute Gasteiger partial charge is 0.379 e. The molecule has 3 heteroatoms. The van der Waals surface area contributed by atoms with Gasteiger partial charge >= 0.3 is 0 Å². The fourth-order valence-corrected chi connectivity index (χ4v) is 1.09. The SMILES string of the molecule is CCC(C)NCCOCCN(C)C(C)C. The van der Waals surface area contributed by atoms with E-state index in [1.165, 1.54) is 6.42 Å². The second-order valence-corrected chi connectivity index (χ2v) is 4.45. The Labute approximate surface area is 95.2 Å². The van der Waals surface area contributed by atoms with Crippen molar-refractivity contribution in [3.63, 3.8) is 0 Å². The molecule has 0 heterocycles. The van der Waals surface area contributed by atoms with Gasteiger partial charge in [0.25, 0.3) is 0 Å². The van der Waals surface area contributed by atoms with Gasteiger partial charge in [-0.05, 0) is 34.2 Å². The molecule has 0 aromatic carbocycles. The van der Waals surface area contributed by atoms with Crippen LogP contribution < -0.4 is 5.32 Å². The summed E-state index contributed by atoms with van der Waals surface area (Å²) in [5, 5.41) is 3.40. The van der Waals surface area contributed by atoms with E-state index >= 15 is 0 Å². The first kappa shape index (κ1) is 14.9. The molecule has 0 spiro atoms. The third-order valence-corrected chi connectivity index (χ3v) is 2.82. The van der Waals surface area contributed by atoms with E-state index in [9.17, 15) is 0 Å². The van der Waals surface area contributed by atoms with Crippen molar-refractivity contribution in [2.24, 2.45) is 0 Å². The fraction of sp³-hybridized carbons (Fsp3) is 1.00. The lowest BCUT2D eigenvalue weighted by Gasteiger charge is -2.20. The van der Waals surface area contributed by atoms with Crippen molar-refractivity contribution in [1.29, 1.82) is 0 Å². The zero-order chi connectivity index (χ0) is 11.7. The molecular formula is C12H28N2O. The normalized spacial score (nSPS) is 13.8. The second-order valence-electron chi connectivity index (χ2n) is 4.45. The monoisotopic (exact) mass is 216 g/mol. The quantitative estimate of drug-likeness (QED) is 0.594. The van der Waals surface area contributed by atoms with Crippen LogP contribution in [0.2, 0.25) is 0 Å². The molecule has 0 aliphatic carbocycles. The van der Waals surface area contributed by atoms with Crippen LogP contribution in [0, 0.1) is 0 Å². The molecule has 3 nitrogen and oxygen atoms in total. The van der Waals surface area contributed by atoms with Crippen LogP contribution in [-0.2, 0) is 4.74 Å². The highest BCUT2D eigenvalue weighted by atomic mass is 16.5. The molecule has 0 aliphatic heterocycles. The smallest absolute Gasteiger partial charge is 0.0594 e. The van der Waals surface area contributed by atoms with Crippen molar-refractivity contribution < 1.29 is 4.74 Å². The number of nitrogens with one attached hydrogen (secondary N) is 1. The minimum Gasteiger partial charge on any atom is -0.379 e. The van der Waals surface area contributed by atoms with Crippen molar-refractivity contribution in [2.45, 2.75) is 46.2 Å². The van der Waals surface area contributed by atoms with Gasteiger partial charge in [-0.1, -0.05) is 6.92 Å². The standard InChI is InChI=1S/C12H28N2O/c1-6-12(4)13-7-9-15-10-8-14(5)11(2)3/h11-13H,6-10H2,1-5H3. The Hall–Kier alpha value is -0.120. The average molecular weight is 216 g/mol. The highest BCUT2D eigenvalue weighted by molar-refractivity contribution is 4.57. The Kier molecular flexibility index (Phi) is 9.06. The van der Waals surface area contributed by atoms with Gasteiger partial charge in [0.2, 0.25) is 0 Å². The molecular weight excluding hydrogens is 188 g/mol. The van der Waals surface area contributed by atoms with Gasteiger partial charge in [-0.15, -0.1) is 0 Å². The number of hydrogen-bond donors (Lipinski definition) is 1. The van der Waals surface area contributed by atoms with Crippen LogP contribution in [0.15, 0.2) is 0 Å². The highest BCUT2D eigenvalue weighted by Gasteiger charge is 2.02. The average Bonchev–Trinajstić information content (AvgIpc) is 2.22. The molecule has 0 fully saturated rings. The van der Waals surface area contributed by atoms with Crippen molar-refractivity contribution in [2.75, 3.05) is 33.4 Å². The van der Waals surface area contributed by atoms with Gasteiger partial charge in [0, 0.05) is 25.2 Å². The van der Waals surface area contributed by atoms with Crippen molar-refractivity contribution >= 4 is 0 Å². The molecule has 1 atom stereocenters. The van der Waals surface area contributed by atoms with E-state index in [4.69, 9.17) is 4.74 Å². The molecule has 1 N–H and O–H groups in total. The molecule has 92 valence electrons. The van der Waals surface area contributed by atoms with Gasteiger partial charge in [-0.2, -0.15) is 0 Å². The third-order valence-electron chi connectivity index (χ3n) is 2.82. The Morgan fingerprint density at radius 3 is 2.40 bits per heavy atom. The van der Waals surface area contributed by atoms with E-state index in [1.807, 2.05) is 0 Å². The van der Waals surface area contributed by atoms with Gasteiger partial charge in [0.05, 0.1) is 13.2 Å². The first-order valence-corrected chi connectivity index (χ1v) is 6.09. The van der Waals surface area contributed by atoms with Gasteiger partial charge in [-0.3, -0.25) is 0 Å². The molecule has 0 saturated carbocycles. The van der Waals surface area contributed by atoms with Crippen molar-refractivity contribution in [3.8, 4) is 0 Å². The summed E-state index contributed by atoms with van der Waals surface area (Å²) < 4.78 is 5.55. The van der Waals surface area contributed by atoms with E-state index in [1.54, 1.807) is 0 Å². The van der Waals surface area contributed by atoms with Crippen LogP contribution in [0.4, 0.5) is 0 Å². The maximum atomic E-state index is 5.55. The third kappa shape index (κ3) is 8.85. The fourth-order valence-electron chi connectivity index (χ4n) is 1.09. The molecule has 1 unspecified atom stereocenters. The van der Waals surface area contributed by atoms with Crippen molar-refractivity contribution in [3.05, 3.63) is 0 Å². The number of rotatable bonds is 9. The minimum atomic E-state index is 0.604. The van der Waals surface area contributed by atoms with E-state index in [-0.39, 0.29) is 0 Å². The first-order valence-electron chi connectivity index (χ1n) is 6.09. The summed E-state index contributed by atoms with van der Waals surface area (Å²) >= 11 is 0. The maximum absolute atomic E-state index is 5.55. The van der Waals surface area contributed by atoms with Crippen molar-refractivity contribution in [1.82, 2.24) is 10.2 Å². The van der Waals surface area contributed by atoms with Crippen LogP contribution in [0.25, 0.3) is 0 Å². The van der Waals surface area contributed by atoms with Crippen LogP contribution in [0.5, 0.6) is 0 Å². The van der Waals surface area contributed by atoms with Crippen LogP contribution in [0.3, 0.4) is 0 Å². The summed E-state index contributed by atoms with van der Waals surface area (Å²) in [4.78, 5) is 2.29. The molecule has 0 rings (SSSR count). The summed E-state index contributed by atoms with van der Waals surface area (Å²) in [6, 6.07) is 1.21. The van der Waals surface area contributed by atoms with E-state index in [0.717, 1.165) is 26.3 Å².